The van der Waals surface area contributed by atoms with E-state index in [1.54, 1.807) is 12.5 Å². The molecule has 1 heterocycles. The van der Waals surface area contributed by atoms with E-state index in [4.69, 9.17) is 0 Å². The fourth-order valence-electron chi connectivity index (χ4n) is 0.996. The summed E-state index contributed by atoms with van der Waals surface area (Å²) in [7, 11) is 0. The van der Waals surface area contributed by atoms with Crippen LogP contribution in [0.2, 0.25) is 0 Å². The number of allylic oxidation sites excluding steroid dienone is 4. The second-order valence-corrected chi connectivity index (χ2v) is 3.67. The third-order valence-electron chi connectivity index (χ3n) is 1.66. The molecule has 0 aliphatic carbocycles. The summed E-state index contributed by atoms with van der Waals surface area (Å²) in [6.45, 7) is 4.16. The van der Waals surface area contributed by atoms with Crippen molar-refractivity contribution in [1.29, 1.82) is 0 Å². The largest absolute Gasteiger partial charge is 0.310 e. The maximum absolute atomic E-state index is 3.98. The first-order valence-corrected chi connectivity index (χ1v) is 5.05. The molecule has 0 fully saturated rings. The monoisotopic (exact) mass is 240 g/mol. The van der Waals surface area contributed by atoms with Crippen LogP contribution in [0.15, 0.2) is 35.4 Å². The Bertz CT molecular complexity index is 310. The van der Waals surface area contributed by atoms with Gasteiger partial charge in [0.2, 0.25) is 0 Å². The Morgan fingerprint density at radius 3 is 2.92 bits per heavy atom. The summed E-state index contributed by atoms with van der Waals surface area (Å²) in [5, 5.41) is 0. The highest BCUT2D eigenvalue weighted by atomic mass is 79.9. The van der Waals surface area contributed by atoms with Crippen LogP contribution in [0.1, 0.15) is 20.3 Å². The molecule has 1 rings (SSSR count). The fraction of sp³-hybridized carbons (Fsp3) is 0.300. The van der Waals surface area contributed by atoms with E-state index in [1.807, 2.05) is 17.7 Å². The molecule has 0 saturated carbocycles. The minimum Gasteiger partial charge on any atom is -0.310 e. The second-order valence-electron chi connectivity index (χ2n) is 2.75. The molecule has 0 saturated heterocycles. The lowest BCUT2D eigenvalue weighted by molar-refractivity contribution is 1.07. The minimum atomic E-state index is 1.04. The van der Waals surface area contributed by atoms with Gasteiger partial charge in [-0.2, -0.15) is 0 Å². The second kappa shape index (κ2) is 5.02. The van der Waals surface area contributed by atoms with Crippen molar-refractivity contribution in [3.05, 3.63) is 35.4 Å². The van der Waals surface area contributed by atoms with Crippen molar-refractivity contribution in [3.8, 4) is 0 Å². The summed E-state index contributed by atoms with van der Waals surface area (Å²) in [4.78, 5) is 3.98. The Hall–Kier alpha value is -0.830. The van der Waals surface area contributed by atoms with Gasteiger partial charge in [-0.1, -0.05) is 28.9 Å². The first-order valence-electron chi connectivity index (χ1n) is 4.26. The van der Waals surface area contributed by atoms with E-state index in [0.717, 1.165) is 16.6 Å². The van der Waals surface area contributed by atoms with E-state index in [9.17, 15) is 0 Å². The third kappa shape index (κ3) is 3.19. The van der Waals surface area contributed by atoms with Crippen molar-refractivity contribution in [2.45, 2.75) is 20.3 Å². The molecular formula is C10H13BrN2. The van der Waals surface area contributed by atoms with E-state index < -0.39 is 0 Å². The maximum Gasteiger partial charge on any atom is 0.0989 e. The zero-order chi connectivity index (χ0) is 9.68. The van der Waals surface area contributed by atoms with Crippen molar-refractivity contribution in [3.63, 3.8) is 0 Å². The summed E-state index contributed by atoms with van der Waals surface area (Å²) >= 11 is 3.48. The van der Waals surface area contributed by atoms with Crippen LogP contribution in [-0.2, 0) is 0 Å². The van der Waals surface area contributed by atoms with Gasteiger partial charge in [-0.15, -0.1) is 0 Å². The van der Waals surface area contributed by atoms with Crippen LogP contribution in [0.25, 0.3) is 5.70 Å². The van der Waals surface area contributed by atoms with Crippen molar-refractivity contribution < 1.29 is 0 Å². The number of imidazole rings is 1. The third-order valence-corrected chi connectivity index (χ3v) is 2.21. The van der Waals surface area contributed by atoms with E-state index in [0.29, 0.717) is 0 Å². The first kappa shape index (κ1) is 10.3. The standard InChI is InChI=1S/C10H13BrN2/c1-3-4-10(11)7-9(2)13-6-5-12-8-13/h4-8H,3H2,1-2H3/b9-7+,10-4+. The fourth-order valence-corrected chi connectivity index (χ4v) is 1.65. The number of aromatic nitrogens is 2. The molecule has 0 atom stereocenters. The smallest absolute Gasteiger partial charge is 0.0989 e. The molecule has 3 heteroatoms. The van der Waals surface area contributed by atoms with Crippen LogP contribution in [0.4, 0.5) is 0 Å². The number of halogens is 1. The van der Waals surface area contributed by atoms with Crippen LogP contribution in [0.5, 0.6) is 0 Å². The van der Waals surface area contributed by atoms with Gasteiger partial charge >= 0.3 is 0 Å². The van der Waals surface area contributed by atoms with Gasteiger partial charge in [0, 0.05) is 22.6 Å². The average molecular weight is 241 g/mol. The minimum absolute atomic E-state index is 1.04. The highest BCUT2D eigenvalue weighted by Gasteiger charge is 1.92. The quantitative estimate of drug-likeness (QED) is 0.741. The molecule has 0 aliphatic heterocycles. The van der Waals surface area contributed by atoms with E-state index in [1.165, 1.54) is 0 Å². The number of hydrogen-bond donors (Lipinski definition) is 0. The van der Waals surface area contributed by atoms with E-state index >= 15 is 0 Å². The molecule has 13 heavy (non-hydrogen) atoms. The molecule has 0 radical (unpaired) electrons. The average Bonchev–Trinajstić information content (AvgIpc) is 2.55. The SMILES string of the molecule is CC/C=C(Br)\C=C(/C)n1ccnc1. The van der Waals surface area contributed by atoms with Crippen LogP contribution < -0.4 is 0 Å². The van der Waals surface area contributed by atoms with Crippen molar-refractivity contribution in [1.82, 2.24) is 9.55 Å². The molecular weight excluding hydrogens is 228 g/mol. The van der Waals surface area contributed by atoms with Crippen molar-refractivity contribution in [2.75, 3.05) is 0 Å². The summed E-state index contributed by atoms with van der Waals surface area (Å²) in [6.07, 6.45) is 10.7. The molecule has 70 valence electrons. The van der Waals surface area contributed by atoms with Crippen LogP contribution in [0, 0.1) is 0 Å². The topological polar surface area (TPSA) is 17.8 Å². The molecule has 2 nitrogen and oxygen atoms in total. The Morgan fingerprint density at radius 1 is 1.62 bits per heavy atom. The van der Waals surface area contributed by atoms with Gasteiger partial charge < -0.3 is 4.57 Å². The van der Waals surface area contributed by atoms with Crippen LogP contribution in [0.3, 0.4) is 0 Å². The highest BCUT2D eigenvalue weighted by Crippen LogP contribution is 2.13. The lowest BCUT2D eigenvalue weighted by atomic mass is 10.3. The Kier molecular flexibility index (Phi) is 3.96. The zero-order valence-corrected chi connectivity index (χ0v) is 9.45. The van der Waals surface area contributed by atoms with Crippen molar-refractivity contribution >= 4 is 21.6 Å². The highest BCUT2D eigenvalue weighted by molar-refractivity contribution is 9.11. The zero-order valence-electron chi connectivity index (χ0n) is 7.87. The van der Waals surface area contributed by atoms with E-state index in [2.05, 4.69) is 40.0 Å². The van der Waals surface area contributed by atoms with Gasteiger partial charge in [0.05, 0.1) is 6.33 Å². The predicted molar refractivity (Wildman–Crippen MR) is 59.5 cm³/mol. The molecule has 1 aromatic rings. The molecule has 0 spiro atoms. The summed E-state index contributed by atoms with van der Waals surface area (Å²) < 4.78 is 3.09. The summed E-state index contributed by atoms with van der Waals surface area (Å²) in [6, 6.07) is 0. The van der Waals surface area contributed by atoms with Gasteiger partial charge in [0.25, 0.3) is 0 Å². The van der Waals surface area contributed by atoms with Crippen LogP contribution in [-0.4, -0.2) is 9.55 Å². The van der Waals surface area contributed by atoms with Crippen LogP contribution >= 0.6 is 15.9 Å². The normalized spacial score (nSPS) is 13.5. The number of hydrogen-bond acceptors (Lipinski definition) is 1. The molecule has 0 aromatic carbocycles. The molecule has 0 aliphatic rings. The number of nitrogens with zero attached hydrogens (tertiary/aromatic N) is 2. The Labute approximate surface area is 87.1 Å². The van der Waals surface area contributed by atoms with E-state index in [-0.39, 0.29) is 0 Å². The molecule has 0 unspecified atom stereocenters. The first-order chi connectivity index (χ1) is 6.24. The Morgan fingerprint density at radius 2 is 2.38 bits per heavy atom. The Balaban J connectivity index is 2.78. The van der Waals surface area contributed by atoms with Crippen molar-refractivity contribution in [2.24, 2.45) is 0 Å². The predicted octanol–water partition coefficient (Wildman–Crippen LogP) is 3.43. The summed E-state index contributed by atoms with van der Waals surface area (Å²) in [5.74, 6) is 0. The van der Waals surface area contributed by atoms with Gasteiger partial charge in [0.1, 0.15) is 0 Å². The molecule has 0 bridgehead atoms. The summed E-state index contributed by atoms with van der Waals surface area (Å²) in [5.41, 5.74) is 1.15. The van der Waals surface area contributed by atoms with Gasteiger partial charge in [-0.3, -0.25) is 0 Å². The molecule has 1 aromatic heterocycles. The van der Waals surface area contributed by atoms with Gasteiger partial charge in [-0.25, -0.2) is 4.98 Å². The molecule has 0 amide bonds. The molecule has 0 N–H and O–H groups in total. The maximum atomic E-state index is 3.98. The number of rotatable bonds is 3. The lowest BCUT2D eigenvalue weighted by Gasteiger charge is -2.00. The van der Waals surface area contributed by atoms with Gasteiger partial charge in [-0.05, 0) is 19.4 Å². The lowest BCUT2D eigenvalue weighted by Crippen LogP contribution is -1.88. The van der Waals surface area contributed by atoms with Gasteiger partial charge in [0.15, 0.2) is 0 Å².